The Balaban J connectivity index is 1.61. The van der Waals surface area contributed by atoms with Gasteiger partial charge in [-0.25, -0.2) is 13.9 Å². The van der Waals surface area contributed by atoms with Gasteiger partial charge >= 0.3 is 0 Å². The number of benzene rings is 1. The molecule has 0 spiro atoms. The van der Waals surface area contributed by atoms with E-state index in [4.69, 9.17) is 4.74 Å². The molecule has 1 atom stereocenters. The molecule has 3 heterocycles. The first-order chi connectivity index (χ1) is 11.4. The largest absolute Gasteiger partial charge is 0.493 e. The van der Waals surface area contributed by atoms with E-state index in [1.807, 2.05) is 6.20 Å². The molecule has 0 bridgehead atoms. The molecular formula is C17H19FN4OS. The second-order valence-corrected chi connectivity index (χ2v) is 7.98. The molecule has 0 aliphatic carbocycles. The molecule has 5 nitrogen and oxygen atoms in total. The van der Waals surface area contributed by atoms with Crippen molar-refractivity contribution in [3.05, 3.63) is 41.5 Å². The molecule has 24 heavy (non-hydrogen) atoms. The molecule has 3 aromatic rings. The van der Waals surface area contributed by atoms with E-state index >= 15 is 0 Å². The number of nitrogens with zero attached hydrogens (tertiary/aromatic N) is 3. The third-order valence-corrected chi connectivity index (χ3v) is 4.97. The quantitative estimate of drug-likeness (QED) is 0.757. The topological polar surface area (TPSA) is 51.5 Å². The summed E-state index contributed by atoms with van der Waals surface area (Å²) in [5.74, 6) is 0.478. The number of nitrogens with one attached hydrogen (secondary N) is 1. The highest BCUT2D eigenvalue weighted by molar-refractivity contribution is 7.20. The highest BCUT2D eigenvalue weighted by Gasteiger charge is 2.24. The SMILES string of the molecule is CC(C)(C)c1cn2nc(NC3CCOc4ccc(F)cc43)sc2n1. The first kappa shape index (κ1) is 15.4. The number of halogens is 1. The van der Waals surface area contributed by atoms with Gasteiger partial charge in [-0.05, 0) is 18.2 Å². The Hall–Kier alpha value is -2.15. The van der Waals surface area contributed by atoms with Gasteiger partial charge in [0.1, 0.15) is 11.6 Å². The third-order valence-electron chi connectivity index (χ3n) is 4.12. The second-order valence-electron chi connectivity index (χ2n) is 7.03. The summed E-state index contributed by atoms with van der Waals surface area (Å²) in [6.07, 6.45) is 2.74. The van der Waals surface area contributed by atoms with Crippen LogP contribution in [0.3, 0.4) is 0 Å². The smallest absolute Gasteiger partial charge is 0.214 e. The van der Waals surface area contributed by atoms with Crippen LogP contribution in [0.5, 0.6) is 5.75 Å². The van der Waals surface area contributed by atoms with Gasteiger partial charge in [0, 0.05) is 17.4 Å². The summed E-state index contributed by atoms with van der Waals surface area (Å²) in [7, 11) is 0. The minimum absolute atomic E-state index is 0.00180. The van der Waals surface area contributed by atoms with Crippen LogP contribution in [0.2, 0.25) is 0 Å². The highest BCUT2D eigenvalue weighted by Crippen LogP contribution is 2.36. The van der Waals surface area contributed by atoms with Crippen molar-refractivity contribution >= 4 is 21.4 Å². The summed E-state index contributed by atoms with van der Waals surface area (Å²) in [6, 6.07) is 4.63. The molecule has 1 unspecified atom stereocenters. The Labute approximate surface area is 143 Å². The molecule has 4 rings (SSSR count). The van der Waals surface area contributed by atoms with Crippen LogP contribution in [0.25, 0.3) is 4.96 Å². The van der Waals surface area contributed by atoms with Crippen LogP contribution in [0, 0.1) is 5.82 Å². The lowest BCUT2D eigenvalue weighted by Gasteiger charge is -2.26. The fourth-order valence-electron chi connectivity index (χ4n) is 2.78. The van der Waals surface area contributed by atoms with Gasteiger partial charge < -0.3 is 10.1 Å². The van der Waals surface area contributed by atoms with Crippen LogP contribution in [0.15, 0.2) is 24.4 Å². The first-order valence-electron chi connectivity index (χ1n) is 7.95. The Bertz CT molecular complexity index is 864. The molecule has 1 aliphatic rings. The number of hydrogen-bond donors (Lipinski definition) is 1. The fraction of sp³-hybridized carbons (Fsp3) is 0.412. The van der Waals surface area contributed by atoms with Crippen molar-refractivity contribution in [3.63, 3.8) is 0 Å². The summed E-state index contributed by atoms with van der Waals surface area (Å²) in [5.41, 5.74) is 1.86. The predicted octanol–water partition coefficient (Wildman–Crippen LogP) is 4.16. The lowest BCUT2D eigenvalue weighted by atomic mass is 9.93. The number of imidazole rings is 1. The minimum Gasteiger partial charge on any atom is -0.493 e. The lowest BCUT2D eigenvalue weighted by molar-refractivity contribution is 0.273. The summed E-state index contributed by atoms with van der Waals surface area (Å²) in [6.45, 7) is 7.00. The van der Waals surface area contributed by atoms with Gasteiger partial charge in [-0.2, -0.15) is 0 Å². The van der Waals surface area contributed by atoms with E-state index in [0.29, 0.717) is 6.61 Å². The molecular weight excluding hydrogens is 327 g/mol. The van der Waals surface area contributed by atoms with E-state index < -0.39 is 0 Å². The molecule has 126 valence electrons. The molecule has 0 amide bonds. The molecule has 2 aromatic heterocycles. The second kappa shape index (κ2) is 5.44. The van der Waals surface area contributed by atoms with E-state index in [-0.39, 0.29) is 17.3 Å². The van der Waals surface area contributed by atoms with Crippen molar-refractivity contribution in [1.29, 1.82) is 0 Å². The van der Waals surface area contributed by atoms with Gasteiger partial charge in [-0.15, -0.1) is 5.10 Å². The van der Waals surface area contributed by atoms with E-state index in [0.717, 1.165) is 33.5 Å². The van der Waals surface area contributed by atoms with E-state index in [1.54, 1.807) is 10.6 Å². The maximum atomic E-state index is 13.6. The van der Waals surface area contributed by atoms with Crippen molar-refractivity contribution in [2.24, 2.45) is 0 Å². The Morgan fingerprint density at radius 3 is 2.96 bits per heavy atom. The monoisotopic (exact) mass is 346 g/mol. The van der Waals surface area contributed by atoms with Crippen molar-refractivity contribution in [1.82, 2.24) is 14.6 Å². The van der Waals surface area contributed by atoms with Gasteiger partial charge in [0.05, 0.1) is 24.5 Å². The minimum atomic E-state index is -0.255. The normalized spacial score (nSPS) is 17.6. The zero-order valence-electron chi connectivity index (χ0n) is 13.8. The van der Waals surface area contributed by atoms with Crippen molar-refractivity contribution < 1.29 is 9.13 Å². The number of rotatable bonds is 2. The van der Waals surface area contributed by atoms with Crippen molar-refractivity contribution in [3.8, 4) is 5.75 Å². The predicted molar refractivity (Wildman–Crippen MR) is 92.4 cm³/mol. The molecule has 0 radical (unpaired) electrons. The summed E-state index contributed by atoms with van der Waals surface area (Å²) in [5, 5.41) is 8.74. The lowest BCUT2D eigenvalue weighted by Crippen LogP contribution is -2.20. The van der Waals surface area contributed by atoms with Gasteiger partial charge in [-0.1, -0.05) is 32.1 Å². The average molecular weight is 346 g/mol. The summed E-state index contributed by atoms with van der Waals surface area (Å²) < 4.78 is 21.0. The first-order valence-corrected chi connectivity index (χ1v) is 8.77. The molecule has 0 fully saturated rings. The number of hydrogen-bond acceptors (Lipinski definition) is 5. The number of fused-ring (bicyclic) bond motifs is 2. The maximum Gasteiger partial charge on any atom is 0.214 e. The zero-order valence-corrected chi connectivity index (χ0v) is 14.7. The van der Waals surface area contributed by atoms with Crippen molar-refractivity contribution in [2.45, 2.75) is 38.6 Å². The molecule has 1 aliphatic heterocycles. The fourth-order valence-corrected chi connectivity index (χ4v) is 3.62. The average Bonchev–Trinajstić information content (AvgIpc) is 3.06. The summed E-state index contributed by atoms with van der Waals surface area (Å²) >= 11 is 1.50. The van der Waals surface area contributed by atoms with Crippen molar-refractivity contribution in [2.75, 3.05) is 11.9 Å². The Morgan fingerprint density at radius 1 is 1.38 bits per heavy atom. The van der Waals surface area contributed by atoms with Gasteiger partial charge in [0.25, 0.3) is 0 Å². The molecule has 1 N–H and O–H groups in total. The van der Waals surface area contributed by atoms with E-state index in [1.165, 1.54) is 23.5 Å². The van der Waals surface area contributed by atoms with Crippen LogP contribution in [0.1, 0.15) is 44.5 Å². The van der Waals surface area contributed by atoms with Gasteiger partial charge in [0.2, 0.25) is 10.1 Å². The Kier molecular flexibility index (Phi) is 3.49. The zero-order chi connectivity index (χ0) is 16.9. The van der Waals surface area contributed by atoms with Gasteiger partial charge in [0.15, 0.2) is 0 Å². The molecule has 1 aromatic carbocycles. The number of aromatic nitrogens is 3. The van der Waals surface area contributed by atoms with E-state index in [9.17, 15) is 4.39 Å². The van der Waals surface area contributed by atoms with Crippen LogP contribution < -0.4 is 10.1 Å². The van der Waals surface area contributed by atoms with Crippen LogP contribution in [-0.4, -0.2) is 21.2 Å². The van der Waals surface area contributed by atoms with Crippen LogP contribution >= 0.6 is 11.3 Å². The number of ether oxygens (including phenoxy) is 1. The highest BCUT2D eigenvalue weighted by atomic mass is 32.1. The third kappa shape index (κ3) is 2.73. The van der Waals surface area contributed by atoms with Crippen LogP contribution in [0.4, 0.5) is 9.52 Å². The maximum absolute atomic E-state index is 13.6. The van der Waals surface area contributed by atoms with Crippen LogP contribution in [-0.2, 0) is 5.41 Å². The molecule has 0 saturated heterocycles. The van der Waals surface area contributed by atoms with Gasteiger partial charge in [-0.3, -0.25) is 0 Å². The molecule has 0 saturated carbocycles. The summed E-state index contributed by atoms with van der Waals surface area (Å²) in [4.78, 5) is 5.51. The number of anilines is 1. The standard InChI is InChI=1S/C17H19FN4OS/c1-17(2,3)14-9-22-16(20-14)24-15(21-22)19-12-6-7-23-13-5-4-10(18)8-11(12)13/h4-5,8-9,12H,6-7H2,1-3H3,(H,19,21). The molecule has 7 heteroatoms. The van der Waals surface area contributed by atoms with E-state index in [2.05, 4.69) is 36.2 Å². The Morgan fingerprint density at radius 2 is 2.21 bits per heavy atom.